The molecule has 0 saturated carbocycles. The number of nitrogens with zero attached hydrogens (tertiary/aromatic N) is 2. The average molecular weight is 531 g/mol. The summed E-state index contributed by atoms with van der Waals surface area (Å²) in [5.41, 5.74) is -3.51. The minimum Gasteiger partial charge on any atom is -0.618 e. The summed E-state index contributed by atoms with van der Waals surface area (Å²) in [7, 11) is 1.29. The number of benzene rings is 2. The van der Waals surface area contributed by atoms with Gasteiger partial charge in [0, 0.05) is 18.7 Å². The first kappa shape index (κ1) is 27.3. The highest BCUT2D eigenvalue weighted by molar-refractivity contribution is 6.29. The lowest BCUT2D eigenvalue weighted by Crippen LogP contribution is -2.43. The molecule has 1 amide bonds. The third kappa shape index (κ3) is 5.28. The van der Waals surface area contributed by atoms with Crippen molar-refractivity contribution in [3.05, 3.63) is 87.3 Å². The van der Waals surface area contributed by atoms with Crippen molar-refractivity contribution in [1.82, 2.24) is 0 Å². The topological polar surface area (TPSA) is 47.2 Å². The molecule has 11 heteroatoms. The van der Waals surface area contributed by atoms with Crippen molar-refractivity contribution in [3.63, 3.8) is 0 Å². The molecule has 0 bridgehead atoms. The molecule has 1 heterocycles. The Kier molecular flexibility index (Phi) is 7.07. The minimum absolute atomic E-state index is 0.00357. The van der Waals surface area contributed by atoms with Gasteiger partial charge in [0.25, 0.3) is 5.15 Å². The zero-order chi connectivity index (χ0) is 27.2. The van der Waals surface area contributed by atoms with Crippen molar-refractivity contribution < 1.29 is 35.9 Å². The summed E-state index contributed by atoms with van der Waals surface area (Å²) in [6.45, 7) is 4.23. The quantitative estimate of drug-likeness (QED) is 0.159. The van der Waals surface area contributed by atoms with Crippen molar-refractivity contribution in [1.29, 1.82) is 0 Å². The third-order valence-corrected chi connectivity index (χ3v) is 6.21. The smallest absolute Gasteiger partial charge is 0.416 e. The summed E-state index contributed by atoms with van der Waals surface area (Å²) in [6.07, 6.45) is -9.10. The summed E-state index contributed by atoms with van der Waals surface area (Å²) < 4.78 is 80.7. The van der Waals surface area contributed by atoms with E-state index < -0.39 is 40.4 Å². The summed E-state index contributed by atoms with van der Waals surface area (Å²) in [5.74, 6) is -0.841. The summed E-state index contributed by atoms with van der Waals surface area (Å²) in [4.78, 5) is 14.6. The molecule has 4 nitrogen and oxygen atoms in total. The molecule has 0 unspecified atom stereocenters. The monoisotopic (exact) mass is 530 g/mol. The number of alkyl halides is 6. The number of amides is 1. The van der Waals surface area contributed by atoms with Crippen LogP contribution < -0.4 is 9.63 Å². The highest BCUT2D eigenvalue weighted by Crippen LogP contribution is 2.40. The van der Waals surface area contributed by atoms with E-state index in [1.165, 1.54) is 27.0 Å². The molecule has 0 fully saturated rings. The first-order valence-corrected chi connectivity index (χ1v) is 10.9. The molecule has 0 radical (unpaired) electrons. The van der Waals surface area contributed by atoms with Gasteiger partial charge in [-0.15, -0.1) is 0 Å². The largest absolute Gasteiger partial charge is 0.618 e. The van der Waals surface area contributed by atoms with E-state index in [4.69, 9.17) is 11.6 Å². The number of aryl methyl sites for hydroxylation is 1. The zero-order valence-corrected chi connectivity index (χ0v) is 20.3. The lowest BCUT2D eigenvalue weighted by molar-refractivity contribution is -0.602. The number of halogens is 7. The number of aromatic nitrogens is 1. The van der Waals surface area contributed by atoms with Gasteiger partial charge >= 0.3 is 12.4 Å². The molecule has 0 aliphatic heterocycles. The van der Waals surface area contributed by atoms with E-state index in [0.717, 1.165) is 16.7 Å². The Bertz CT molecular complexity index is 1290. The standard InChI is InChI=1S/C25H21ClF6N2O2/c1-14-7-5-6-8-18(14)19-12-21(26)34(36)13-20(19)33(4)22(35)23(2,3)15-9-16(24(27,28)29)11-17(10-15)25(30,31)32/h5-13H,1-4H3. The Morgan fingerprint density at radius 2 is 1.39 bits per heavy atom. The number of anilines is 1. The summed E-state index contributed by atoms with van der Waals surface area (Å²) in [6, 6.07) is 9.42. The molecule has 0 atom stereocenters. The molecule has 2 aromatic carbocycles. The van der Waals surface area contributed by atoms with Crippen LogP contribution in [0.25, 0.3) is 11.1 Å². The SMILES string of the molecule is Cc1ccccc1-c1cc(Cl)[n+]([O-])cc1N(C)C(=O)C(C)(C)c1cc(C(F)(F)F)cc(C(F)(F)F)c1. The van der Waals surface area contributed by atoms with Crippen LogP contribution in [0.2, 0.25) is 5.15 Å². The Morgan fingerprint density at radius 1 is 0.889 bits per heavy atom. The predicted molar refractivity (Wildman–Crippen MR) is 123 cm³/mol. The average Bonchev–Trinajstić information content (AvgIpc) is 2.78. The molecular formula is C25H21ClF6N2O2. The van der Waals surface area contributed by atoms with Gasteiger partial charge in [-0.25, -0.2) is 0 Å². The summed E-state index contributed by atoms with van der Waals surface area (Å²) in [5, 5.41) is 12.1. The van der Waals surface area contributed by atoms with Gasteiger partial charge in [0.15, 0.2) is 0 Å². The van der Waals surface area contributed by atoms with Gasteiger partial charge in [-0.3, -0.25) is 4.79 Å². The van der Waals surface area contributed by atoms with Crippen LogP contribution in [0, 0.1) is 12.1 Å². The van der Waals surface area contributed by atoms with Crippen LogP contribution in [0.3, 0.4) is 0 Å². The van der Waals surface area contributed by atoms with Crippen LogP contribution in [-0.2, 0) is 22.6 Å². The van der Waals surface area contributed by atoms with E-state index >= 15 is 0 Å². The van der Waals surface area contributed by atoms with Crippen LogP contribution in [0.4, 0.5) is 32.0 Å². The van der Waals surface area contributed by atoms with Crippen molar-refractivity contribution in [3.8, 4) is 11.1 Å². The molecule has 1 aromatic heterocycles. The maximum absolute atomic E-state index is 13.6. The fourth-order valence-corrected chi connectivity index (χ4v) is 3.98. The Hall–Kier alpha value is -3.27. The van der Waals surface area contributed by atoms with E-state index in [0.29, 0.717) is 28.0 Å². The number of carbonyl (C=O) groups excluding carboxylic acids is 1. The molecule has 3 rings (SSSR count). The van der Waals surface area contributed by atoms with Gasteiger partial charge in [0.1, 0.15) is 5.69 Å². The molecule has 3 aromatic rings. The molecule has 0 aliphatic rings. The number of hydrogen-bond donors (Lipinski definition) is 0. The lowest BCUT2D eigenvalue weighted by atomic mass is 9.81. The van der Waals surface area contributed by atoms with Crippen LogP contribution in [0.5, 0.6) is 0 Å². The Morgan fingerprint density at radius 3 is 1.89 bits per heavy atom. The second-order valence-electron chi connectivity index (χ2n) is 8.82. The Labute approximate surface area is 208 Å². The predicted octanol–water partition coefficient (Wildman–Crippen LogP) is 6.93. The molecular weight excluding hydrogens is 510 g/mol. The fraction of sp³-hybridized carbons (Fsp3) is 0.280. The first-order valence-electron chi connectivity index (χ1n) is 10.5. The van der Waals surface area contributed by atoms with Crippen LogP contribution in [-0.4, -0.2) is 13.0 Å². The maximum Gasteiger partial charge on any atom is 0.416 e. The van der Waals surface area contributed by atoms with Gasteiger partial charge in [-0.1, -0.05) is 24.3 Å². The van der Waals surface area contributed by atoms with Gasteiger partial charge in [0.05, 0.1) is 16.5 Å². The van der Waals surface area contributed by atoms with Crippen molar-refractivity contribution in [2.24, 2.45) is 0 Å². The Balaban J connectivity index is 2.17. The van der Waals surface area contributed by atoms with E-state index in [1.807, 2.05) is 0 Å². The number of hydrogen-bond acceptors (Lipinski definition) is 2. The van der Waals surface area contributed by atoms with Crippen molar-refractivity contribution in [2.45, 2.75) is 38.5 Å². The van der Waals surface area contributed by atoms with Gasteiger partial charge in [-0.2, -0.15) is 31.1 Å². The van der Waals surface area contributed by atoms with Crippen molar-refractivity contribution >= 4 is 23.2 Å². The van der Waals surface area contributed by atoms with Gasteiger partial charge < -0.3 is 10.1 Å². The van der Waals surface area contributed by atoms with Crippen LogP contribution in [0.1, 0.15) is 36.1 Å². The normalized spacial score (nSPS) is 12.5. The molecule has 0 saturated heterocycles. The van der Waals surface area contributed by atoms with E-state index in [-0.39, 0.29) is 16.9 Å². The maximum atomic E-state index is 13.6. The van der Waals surface area contributed by atoms with Crippen LogP contribution >= 0.6 is 11.6 Å². The van der Waals surface area contributed by atoms with Crippen LogP contribution in [0.15, 0.2) is 54.7 Å². The van der Waals surface area contributed by atoms with Gasteiger partial charge in [0.2, 0.25) is 12.1 Å². The van der Waals surface area contributed by atoms with E-state index in [1.54, 1.807) is 31.2 Å². The van der Waals surface area contributed by atoms with Crippen molar-refractivity contribution in [2.75, 3.05) is 11.9 Å². The first-order chi connectivity index (χ1) is 16.4. The highest BCUT2D eigenvalue weighted by atomic mass is 35.5. The zero-order valence-electron chi connectivity index (χ0n) is 19.6. The molecule has 0 spiro atoms. The highest BCUT2D eigenvalue weighted by Gasteiger charge is 2.41. The molecule has 0 N–H and O–H groups in total. The van der Waals surface area contributed by atoms with Gasteiger partial charge in [-0.05, 0) is 67.3 Å². The lowest BCUT2D eigenvalue weighted by Gasteiger charge is -2.31. The molecule has 192 valence electrons. The summed E-state index contributed by atoms with van der Waals surface area (Å²) >= 11 is 6.01. The van der Waals surface area contributed by atoms with E-state index in [2.05, 4.69) is 0 Å². The number of pyridine rings is 1. The fourth-order valence-electron chi connectivity index (χ4n) is 3.82. The second-order valence-corrected chi connectivity index (χ2v) is 9.21. The number of rotatable bonds is 4. The third-order valence-electron chi connectivity index (χ3n) is 5.93. The van der Waals surface area contributed by atoms with E-state index in [9.17, 15) is 36.3 Å². The number of likely N-dealkylation sites (N-methyl/N-ethyl adjacent to an activating group) is 1. The number of carbonyl (C=O) groups is 1. The second kappa shape index (κ2) is 9.31. The molecule has 0 aliphatic carbocycles. The molecule has 36 heavy (non-hydrogen) atoms. The minimum atomic E-state index is -5.07.